The largest absolute Gasteiger partial charge is 0.481 e. The van der Waals surface area contributed by atoms with Gasteiger partial charge in [-0.2, -0.15) is 0 Å². The monoisotopic (exact) mass is 265 g/mol. The van der Waals surface area contributed by atoms with Crippen molar-refractivity contribution < 1.29 is 14.6 Å². The van der Waals surface area contributed by atoms with Crippen LogP contribution in [0, 0.1) is 6.92 Å². The Morgan fingerprint density at radius 1 is 1.32 bits per heavy atom. The molecule has 0 radical (unpaired) electrons. The molecule has 0 fully saturated rings. The maximum atomic E-state index is 12.0. The van der Waals surface area contributed by atoms with Gasteiger partial charge in [-0.15, -0.1) is 0 Å². The van der Waals surface area contributed by atoms with E-state index in [1.165, 1.54) is 0 Å². The van der Waals surface area contributed by atoms with Crippen molar-refractivity contribution in [3.05, 3.63) is 29.8 Å². The number of hydrogen-bond acceptors (Lipinski definition) is 3. The van der Waals surface area contributed by atoms with Crippen molar-refractivity contribution in [2.75, 3.05) is 13.6 Å². The Hall–Kier alpha value is -1.55. The highest BCUT2D eigenvalue weighted by atomic mass is 16.5. The fraction of sp³-hybridized carbons (Fsp3) is 0.533. The third kappa shape index (κ3) is 5.30. The van der Waals surface area contributed by atoms with E-state index in [1.807, 2.05) is 31.2 Å². The summed E-state index contributed by atoms with van der Waals surface area (Å²) < 4.78 is 5.61. The normalized spacial score (nSPS) is 13.7. The highest BCUT2D eigenvalue weighted by Crippen LogP contribution is 2.14. The van der Waals surface area contributed by atoms with Crippen molar-refractivity contribution in [2.45, 2.75) is 39.4 Å². The zero-order valence-corrected chi connectivity index (χ0v) is 12.1. The summed E-state index contributed by atoms with van der Waals surface area (Å²) in [4.78, 5) is 13.6. The average molecular weight is 265 g/mol. The summed E-state index contributed by atoms with van der Waals surface area (Å²) in [5, 5.41) is 9.21. The zero-order valence-electron chi connectivity index (χ0n) is 12.1. The van der Waals surface area contributed by atoms with E-state index in [9.17, 15) is 9.90 Å². The number of carbonyl (C=O) groups is 1. The molecule has 4 nitrogen and oxygen atoms in total. The van der Waals surface area contributed by atoms with Crippen molar-refractivity contribution in [1.29, 1.82) is 0 Å². The van der Waals surface area contributed by atoms with Crippen molar-refractivity contribution >= 4 is 5.91 Å². The number of likely N-dealkylation sites (N-methyl/N-ethyl adjacent to an activating group) is 1. The van der Waals surface area contributed by atoms with Gasteiger partial charge in [-0.05, 0) is 39.3 Å². The molecule has 0 bridgehead atoms. The third-order valence-electron chi connectivity index (χ3n) is 2.94. The molecule has 0 aliphatic heterocycles. The Kier molecular flexibility index (Phi) is 5.83. The molecule has 0 saturated heterocycles. The molecule has 19 heavy (non-hydrogen) atoms. The summed E-state index contributed by atoms with van der Waals surface area (Å²) in [6, 6.07) is 7.61. The number of hydrogen-bond donors (Lipinski definition) is 1. The van der Waals surface area contributed by atoms with Gasteiger partial charge in [0.05, 0.1) is 6.10 Å². The van der Waals surface area contributed by atoms with Crippen LogP contribution in [0.15, 0.2) is 24.3 Å². The van der Waals surface area contributed by atoms with E-state index in [0.29, 0.717) is 18.7 Å². The highest BCUT2D eigenvalue weighted by molar-refractivity contribution is 5.80. The molecular weight excluding hydrogens is 242 g/mol. The molecule has 1 aromatic rings. The second kappa shape index (κ2) is 7.14. The molecule has 0 aromatic heterocycles. The molecule has 1 aromatic carbocycles. The third-order valence-corrected chi connectivity index (χ3v) is 2.94. The summed E-state index contributed by atoms with van der Waals surface area (Å²) in [5.41, 5.74) is 1.15. The first kappa shape index (κ1) is 15.5. The molecule has 1 rings (SSSR count). The van der Waals surface area contributed by atoms with Gasteiger partial charge < -0.3 is 14.7 Å². The van der Waals surface area contributed by atoms with E-state index in [4.69, 9.17) is 4.74 Å². The summed E-state index contributed by atoms with van der Waals surface area (Å²) in [6.45, 7) is 5.98. The van der Waals surface area contributed by atoms with Crippen molar-refractivity contribution in [2.24, 2.45) is 0 Å². The predicted molar refractivity (Wildman–Crippen MR) is 75.2 cm³/mol. The predicted octanol–water partition coefficient (Wildman–Crippen LogP) is 1.99. The van der Waals surface area contributed by atoms with Gasteiger partial charge in [-0.1, -0.05) is 17.7 Å². The molecule has 2 atom stereocenters. The first-order chi connectivity index (χ1) is 8.90. The van der Waals surface area contributed by atoms with Crippen molar-refractivity contribution in [1.82, 2.24) is 4.90 Å². The van der Waals surface area contributed by atoms with E-state index in [0.717, 1.165) is 5.56 Å². The number of nitrogens with zero attached hydrogens (tertiary/aromatic N) is 1. The van der Waals surface area contributed by atoms with Gasteiger partial charge in [0, 0.05) is 13.6 Å². The first-order valence-electron chi connectivity index (χ1n) is 6.56. The minimum Gasteiger partial charge on any atom is -0.481 e. The van der Waals surface area contributed by atoms with E-state index in [-0.39, 0.29) is 5.91 Å². The lowest BCUT2D eigenvalue weighted by Gasteiger charge is -2.22. The maximum absolute atomic E-state index is 12.0. The number of amides is 1. The second-order valence-corrected chi connectivity index (χ2v) is 4.97. The molecule has 106 valence electrons. The van der Waals surface area contributed by atoms with Crippen LogP contribution in [0.25, 0.3) is 0 Å². The summed E-state index contributed by atoms with van der Waals surface area (Å²) in [7, 11) is 1.72. The molecule has 0 aliphatic rings. The van der Waals surface area contributed by atoms with Crippen molar-refractivity contribution in [3.8, 4) is 5.75 Å². The molecule has 0 saturated carbocycles. The highest BCUT2D eigenvalue weighted by Gasteiger charge is 2.19. The lowest BCUT2D eigenvalue weighted by atomic mass is 10.2. The number of aryl methyl sites for hydroxylation is 1. The van der Waals surface area contributed by atoms with Crippen LogP contribution in [0.1, 0.15) is 25.8 Å². The van der Waals surface area contributed by atoms with Gasteiger partial charge in [-0.3, -0.25) is 4.79 Å². The standard InChI is InChI=1S/C15H23NO3/c1-11-5-7-14(8-6-11)19-13(3)15(18)16(4)10-9-12(2)17/h5-8,12-13,17H,9-10H2,1-4H3. The number of benzene rings is 1. The SMILES string of the molecule is Cc1ccc(OC(C)C(=O)N(C)CCC(C)O)cc1. The Morgan fingerprint density at radius 2 is 1.89 bits per heavy atom. The number of rotatable bonds is 6. The minimum atomic E-state index is -0.526. The summed E-state index contributed by atoms with van der Waals surface area (Å²) in [6.07, 6.45) is -0.357. The summed E-state index contributed by atoms with van der Waals surface area (Å²) >= 11 is 0. The van der Waals surface area contributed by atoms with Crippen LogP contribution in [0.5, 0.6) is 5.75 Å². The molecule has 2 unspecified atom stereocenters. The zero-order chi connectivity index (χ0) is 14.4. The Bertz CT molecular complexity index is 400. The van der Waals surface area contributed by atoms with Crippen LogP contribution >= 0.6 is 0 Å². The van der Waals surface area contributed by atoms with Gasteiger partial charge in [0.25, 0.3) is 5.91 Å². The van der Waals surface area contributed by atoms with Gasteiger partial charge in [0.2, 0.25) is 0 Å². The molecule has 4 heteroatoms. The van der Waals surface area contributed by atoms with Crippen LogP contribution in [-0.2, 0) is 4.79 Å². The summed E-state index contributed by atoms with van der Waals surface area (Å²) in [5.74, 6) is 0.608. The van der Waals surface area contributed by atoms with Gasteiger partial charge in [-0.25, -0.2) is 0 Å². The quantitative estimate of drug-likeness (QED) is 0.855. The van der Waals surface area contributed by atoms with Crippen molar-refractivity contribution in [3.63, 3.8) is 0 Å². The molecule has 1 amide bonds. The Labute approximate surface area is 115 Å². The lowest BCUT2D eigenvalue weighted by molar-refractivity contribution is -0.136. The van der Waals surface area contributed by atoms with Gasteiger partial charge >= 0.3 is 0 Å². The van der Waals surface area contributed by atoms with E-state index >= 15 is 0 Å². The smallest absolute Gasteiger partial charge is 0.263 e. The number of ether oxygens (including phenoxy) is 1. The fourth-order valence-corrected chi connectivity index (χ4v) is 1.67. The maximum Gasteiger partial charge on any atom is 0.263 e. The topological polar surface area (TPSA) is 49.8 Å². The van der Waals surface area contributed by atoms with Crippen LogP contribution < -0.4 is 4.74 Å². The number of aliphatic hydroxyl groups is 1. The molecule has 1 N–H and O–H groups in total. The molecular formula is C15H23NO3. The van der Waals surface area contributed by atoms with Gasteiger partial charge in [0.1, 0.15) is 5.75 Å². The Morgan fingerprint density at radius 3 is 2.42 bits per heavy atom. The second-order valence-electron chi connectivity index (χ2n) is 4.97. The Balaban J connectivity index is 2.50. The van der Waals surface area contributed by atoms with Gasteiger partial charge in [0.15, 0.2) is 6.10 Å². The molecule has 0 aliphatic carbocycles. The lowest BCUT2D eigenvalue weighted by Crippen LogP contribution is -2.39. The van der Waals surface area contributed by atoms with Crippen LogP contribution in [0.2, 0.25) is 0 Å². The average Bonchev–Trinajstić information content (AvgIpc) is 2.37. The van der Waals surface area contributed by atoms with E-state index in [2.05, 4.69) is 0 Å². The van der Waals surface area contributed by atoms with E-state index in [1.54, 1.807) is 25.8 Å². The molecule has 0 heterocycles. The number of carbonyl (C=O) groups excluding carboxylic acids is 1. The molecule has 0 spiro atoms. The number of aliphatic hydroxyl groups excluding tert-OH is 1. The van der Waals surface area contributed by atoms with Crippen LogP contribution in [0.3, 0.4) is 0 Å². The minimum absolute atomic E-state index is 0.0822. The van der Waals surface area contributed by atoms with Crippen LogP contribution in [-0.4, -0.2) is 41.7 Å². The first-order valence-corrected chi connectivity index (χ1v) is 6.56. The van der Waals surface area contributed by atoms with Crippen LogP contribution in [0.4, 0.5) is 0 Å². The fourth-order valence-electron chi connectivity index (χ4n) is 1.67. The van der Waals surface area contributed by atoms with E-state index < -0.39 is 12.2 Å².